The van der Waals surface area contributed by atoms with E-state index in [9.17, 15) is 21.6 Å². The van der Waals surface area contributed by atoms with Crippen LogP contribution in [0.3, 0.4) is 0 Å². The summed E-state index contributed by atoms with van der Waals surface area (Å²) in [7, 11) is 1.14. The highest BCUT2D eigenvalue weighted by molar-refractivity contribution is 8.13. The van der Waals surface area contributed by atoms with Gasteiger partial charge in [0, 0.05) is 10.7 Å². The van der Waals surface area contributed by atoms with Gasteiger partial charge in [-0.25, -0.2) is 8.42 Å². The fraction of sp³-hybridized carbons (Fsp3) is 1.00. The molecule has 0 amide bonds. The molecule has 0 N–H and O–H groups in total. The molecule has 90 valence electrons. The van der Waals surface area contributed by atoms with Crippen LogP contribution in [0.5, 0.6) is 0 Å². The monoisotopic (exact) mass is 264 g/mol. The van der Waals surface area contributed by atoms with Gasteiger partial charge in [0.15, 0.2) is 0 Å². The van der Waals surface area contributed by atoms with Crippen molar-refractivity contribution in [3.63, 3.8) is 0 Å². The minimum absolute atomic E-state index is 0.0145. The van der Waals surface area contributed by atoms with Gasteiger partial charge in [0.25, 0.3) is 0 Å². The fourth-order valence-corrected chi connectivity index (χ4v) is 3.49. The first-order valence-corrected chi connectivity index (χ1v) is 7.17. The third-order valence-electron chi connectivity index (χ3n) is 2.74. The van der Waals surface area contributed by atoms with Crippen LogP contribution in [-0.4, -0.2) is 20.3 Å². The van der Waals surface area contributed by atoms with Gasteiger partial charge in [-0.2, -0.15) is 13.2 Å². The molecule has 0 radical (unpaired) electrons. The fourth-order valence-electron chi connectivity index (χ4n) is 2.09. The van der Waals surface area contributed by atoms with E-state index in [0.29, 0.717) is 12.8 Å². The van der Waals surface area contributed by atoms with Crippen molar-refractivity contribution in [1.82, 2.24) is 0 Å². The summed E-state index contributed by atoms with van der Waals surface area (Å²) in [6.07, 6.45) is -2.87. The van der Waals surface area contributed by atoms with E-state index in [1.165, 1.54) is 0 Å². The molecule has 1 fully saturated rings. The Hall–Kier alpha value is 0.0300. The Bertz CT molecular complexity index is 312. The van der Waals surface area contributed by atoms with Crippen molar-refractivity contribution in [1.29, 1.82) is 0 Å². The zero-order chi connectivity index (χ0) is 11.7. The molecule has 0 saturated heterocycles. The number of alkyl halides is 3. The summed E-state index contributed by atoms with van der Waals surface area (Å²) in [6.45, 7) is 0. The van der Waals surface area contributed by atoms with Crippen LogP contribution < -0.4 is 0 Å². The maximum absolute atomic E-state index is 12.5. The maximum atomic E-state index is 12.5. The minimum Gasteiger partial charge on any atom is -0.212 e. The van der Waals surface area contributed by atoms with E-state index in [4.69, 9.17) is 10.7 Å². The van der Waals surface area contributed by atoms with Crippen molar-refractivity contribution >= 4 is 19.7 Å². The van der Waals surface area contributed by atoms with Gasteiger partial charge >= 0.3 is 6.18 Å². The van der Waals surface area contributed by atoms with Gasteiger partial charge in [0.05, 0.1) is 11.7 Å². The van der Waals surface area contributed by atoms with E-state index in [0.717, 1.165) is 0 Å². The van der Waals surface area contributed by atoms with E-state index < -0.39 is 32.8 Å². The first-order valence-electron chi connectivity index (χ1n) is 4.69. The molecule has 7 heteroatoms. The average molecular weight is 265 g/mol. The summed E-state index contributed by atoms with van der Waals surface area (Å²) in [5.74, 6) is -2.96. The first-order chi connectivity index (χ1) is 6.70. The Balaban J connectivity index is 2.75. The average Bonchev–Trinajstić information content (AvgIpc) is 1.99. The van der Waals surface area contributed by atoms with Crippen LogP contribution in [0.15, 0.2) is 0 Å². The summed E-state index contributed by atoms with van der Waals surface area (Å²) in [5.41, 5.74) is 0. The van der Waals surface area contributed by atoms with Gasteiger partial charge in [-0.15, -0.1) is 0 Å². The largest absolute Gasteiger partial charge is 0.392 e. The topological polar surface area (TPSA) is 34.1 Å². The highest BCUT2D eigenvalue weighted by Crippen LogP contribution is 2.42. The molecule has 0 heterocycles. The normalized spacial score (nSPS) is 29.1. The van der Waals surface area contributed by atoms with Crippen LogP contribution in [0.2, 0.25) is 0 Å². The second-order valence-corrected chi connectivity index (χ2v) is 6.72. The Kier molecular flexibility index (Phi) is 3.92. The molecule has 2 nitrogen and oxygen atoms in total. The van der Waals surface area contributed by atoms with Crippen molar-refractivity contribution < 1.29 is 21.6 Å². The van der Waals surface area contributed by atoms with Crippen LogP contribution in [0.1, 0.15) is 25.7 Å². The molecule has 1 rings (SSSR count). The Morgan fingerprint density at radius 2 is 1.73 bits per heavy atom. The highest BCUT2D eigenvalue weighted by Gasteiger charge is 2.46. The smallest absolute Gasteiger partial charge is 0.212 e. The Morgan fingerprint density at radius 3 is 2.20 bits per heavy atom. The van der Waals surface area contributed by atoms with Gasteiger partial charge in [-0.3, -0.25) is 0 Å². The molecular formula is C8H12ClF3O2S. The quantitative estimate of drug-likeness (QED) is 0.719. The van der Waals surface area contributed by atoms with E-state index >= 15 is 0 Å². The third kappa shape index (κ3) is 4.18. The minimum atomic E-state index is -4.31. The summed E-state index contributed by atoms with van der Waals surface area (Å²) in [5, 5.41) is 0. The van der Waals surface area contributed by atoms with Gasteiger partial charge in [-0.1, -0.05) is 12.8 Å². The van der Waals surface area contributed by atoms with Gasteiger partial charge in [0.1, 0.15) is 0 Å². The molecule has 1 aliphatic carbocycles. The van der Waals surface area contributed by atoms with Crippen LogP contribution in [-0.2, 0) is 9.05 Å². The number of rotatable bonds is 2. The molecule has 0 aromatic rings. The zero-order valence-corrected chi connectivity index (χ0v) is 9.50. The Morgan fingerprint density at radius 1 is 1.20 bits per heavy atom. The number of hydrogen-bond donors (Lipinski definition) is 0. The van der Waals surface area contributed by atoms with Crippen molar-refractivity contribution in [2.45, 2.75) is 31.9 Å². The number of hydrogen-bond acceptors (Lipinski definition) is 2. The Labute approximate surface area is 91.2 Å². The molecule has 15 heavy (non-hydrogen) atoms. The summed E-state index contributed by atoms with van der Waals surface area (Å²) in [4.78, 5) is 0. The summed E-state index contributed by atoms with van der Waals surface area (Å²) < 4.78 is 59.1. The van der Waals surface area contributed by atoms with Crippen LogP contribution in [0.25, 0.3) is 0 Å². The lowest BCUT2D eigenvalue weighted by molar-refractivity contribution is -0.193. The lowest BCUT2D eigenvalue weighted by Crippen LogP contribution is -2.35. The van der Waals surface area contributed by atoms with Gasteiger partial charge in [-0.05, 0) is 18.8 Å². The second kappa shape index (κ2) is 4.49. The van der Waals surface area contributed by atoms with E-state index in [2.05, 4.69) is 0 Å². The second-order valence-electron chi connectivity index (χ2n) is 3.90. The SMILES string of the molecule is O=S(=O)(Cl)C[C@@H]1CCCC[C@H]1C(F)(F)F. The molecule has 1 aliphatic rings. The molecule has 2 atom stereocenters. The predicted molar refractivity (Wildman–Crippen MR) is 51.1 cm³/mol. The van der Waals surface area contributed by atoms with E-state index in [-0.39, 0.29) is 12.8 Å². The predicted octanol–water partition coefficient (Wildman–Crippen LogP) is 2.92. The lowest BCUT2D eigenvalue weighted by Gasteiger charge is -2.32. The van der Waals surface area contributed by atoms with Crippen molar-refractivity contribution in [2.75, 3.05) is 5.75 Å². The lowest BCUT2D eigenvalue weighted by atomic mass is 9.80. The summed E-state index contributed by atoms with van der Waals surface area (Å²) in [6, 6.07) is 0. The molecular weight excluding hydrogens is 253 g/mol. The zero-order valence-electron chi connectivity index (χ0n) is 7.93. The number of halogens is 4. The molecule has 1 saturated carbocycles. The molecule has 0 aliphatic heterocycles. The van der Waals surface area contributed by atoms with Crippen molar-refractivity contribution in [2.24, 2.45) is 11.8 Å². The molecule has 0 bridgehead atoms. The van der Waals surface area contributed by atoms with Gasteiger partial charge in [0.2, 0.25) is 9.05 Å². The van der Waals surface area contributed by atoms with E-state index in [1.807, 2.05) is 0 Å². The summed E-state index contributed by atoms with van der Waals surface area (Å²) >= 11 is 0. The molecule has 0 aromatic heterocycles. The van der Waals surface area contributed by atoms with Crippen LogP contribution in [0, 0.1) is 11.8 Å². The first kappa shape index (κ1) is 13.1. The molecule has 0 aromatic carbocycles. The molecule has 0 unspecified atom stereocenters. The standard InChI is InChI=1S/C8H12ClF3O2S/c9-15(13,14)5-6-3-1-2-4-7(6)8(10,11)12/h6-7H,1-5H2/t6-,7+/m0/s1. The third-order valence-corrected chi connectivity index (χ3v) is 3.95. The molecule has 0 spiro atoms. The van der Waals surface area contributed by atoms with Gasteiger partial charge < -0.3 is 0 Å². The van der Waals surface area contributed by atoms with Crippen LogP contribution >= 0.6 is 10.7 Å². The van der Waals surface area contributed by atoms with E-state index in [1.54, 1.807) is 0 Å². The van der Waals surface area contributed by atoms with Crippen molar-refractivity contribution in [3.8, 4) is 0 Å². The highest BCUT2D eigenvalue weighted by atomic mass is 35.7. The van der Waals surface area contributed by atoms with Crippen LogP contribution in [0.4, 0.5) is 13.2 Å². The van der Waals surface area contributed by atoms with Crippen molar-refractivity contribution in [3.05, 3.63) is 0 Å². The maximum Gasteiger partial charge on any atom is 0.392 e.